The summed E-state index contributed by atoms with van der Waals surface area (Å²) in [5, 5.41) is 0. The molecule has 22 heavy (non-hydrogen) atoms. The zero-order chi connectivity index (χ0) is 15.8. The fourth-order valence-electron chi connectivity index (χ4n) is 2.66. The van der Waals surface area contributed by atoms with E-state index in [1.54, 1.807) is 12.0 Å². The highest BCUT2D eigenvalue weighted by Crippen LogP contribution is 2.13. The average Bonchev–Trinajstić information content (AvgIpc) is 2.81. The number of anilines is 1. The number of ether oxygens (including phenoxy) is 1. The number of carbonyl (C=O) groups excluding carboxylic acids is 1. The Hall–Kier alpha value is -1.82. The predicted octanol–water partition coefficient (Wildman–Crippen LogP) is 1.68. The number of carbonyl (C=O) groups is 1. The van der Waals surface area contributed by atoms with Crippen molar-refractivity contribution in [2.24, 2.45) is 0 Å². The number of amides is 2. The third kappa shape index (κ3) is 4.59. The Morgan fingerprint density at radius 3 is 2.91 bits per heavy atom. The van der Waals surface area contributed by atoms with Gasteiger partial charge in [-0.2, -0.15) is 0 Å². The molecule has 0 aromatic carbocycles. The van der Waals surface area contributed by atoms with Gasteiger partial charge in [-0.1, -0.05) is 6.07 Å². The second-order valence-electron chi connectivity index (χ2n) is 5.57. The highest BCUT2D eigenvalue weighted by Gasteiger charge is 2.21. The number of pyridine rings is 1. The first-order valence-corrected chi connectivity index (χ1v) is 7.87. The zero-order valence-electron chi connectivity index (χ0n) is 13.6. The molecule has 2 heterocycles. The number of hydrogen-bond donors (Lipinski definition) is 0. The lowest BCUT2D eigenvalue weighted by molar-refractivity contribution is 0.153. The fraction of sp³-hybridized carbons (Fsp3) is 0.625. The lowest BCUT2D eigenvalue weighted by Crippen LogP contribution is -2.43. The van der Waals surface area contributed by atoms with Gasteiger partial charge in [0, 0.05) is 59.7 Å². The van der Waals surface area contributed by atoms with Gasteiger partial charge in [-0.05, 0) is 25.0 Å². The van der Waals surface area contributed by atoms with Crippen molar-refractivity contribution in [1.29, 1.82) is 0 Å². The molecule has 1 aliphatic rings. The molecule has 0 saturated carbocycles. The molecule has 2 amide bonds. The first-order valence-electron chi connectivity index (χ1n) is 7.87. The summed E-state index contributed by atoms with van der Waals surface area (Å²) in [4.78, 5) is 22.8. The van der Waals surface area contributed by atoms with Crippen LogP contribution in [-0.2, 0) is 4.74 Å². The van der Waals surface area contributed by atoms with E-state index in [2.05, 4.69) is 9.88 Å². The number of methoxy groups -OCH3 is 1. The van der Waals surface area contributed by atoms with E-state index in [-0.39, 0.29) is 6.03 Å². The van der Waals surface area contributed by atoms with Gasteiger partial charge in [0.15, 0.2) is 0 Å². The van der Waals surface area contributed by atoms with Crippen LogP contribution in [0.2, 0.25) is 0 Å². The van der Waals surface area contributed by atoms with Crippen molar-refractivity contribution in [3.05, 3.63) is 24.4 Å². The van der Waals surface area contributed by atoms with Gasteiger partial charge in [0.25, 0.3) is 0 Å². The van der Waals surface area contributed by atoms with Crippen molar-refractivity contribution in [1.82, 2.24) is 14.8 Å². The van der Waals surface area contributed by atoms with Crippen molar-refractivity contribution >= 4 is 11.8 Å². The van der Waals surface area contributed by atoms with Gasteiger partial charge in [0.2, 0.25) is 0 Å². The van der Waals surface area contributed by atoms with Gasteiger partial charge in [-0.3, -0.25) is 0 Å². The van der Waals surface area contributed by atoms with Crippen molar-refractivity contribution in [3.8, 4) is 0 Å². The lowest BCUT2D eigenvalue weighted by atomic mass is 10.3. The van der Waals surface area contributed by atoms with Crippen LogP contribution in [0, 0.1) is 0 Å². The molecule has 1 aliphatic heterocycles. The molecule has 6 nitrogen and oxygen atoms in total. The monoisotopic (exact) mass is 306 g/mol. The second kappa shape index (κ2) is 8.58. The summed E-state index contributed by atoms with van der Waals surface area (Å²) >= 11 is 0. The molecule has 1 aromatic rings. The van der Waals surface area contributed by atoms with Crippen molar-refractivity contribution in [2.75, 3.05) is 58.4 Å². The standard InChI is InChI=1S/C16H26N4O2/c1-18(9-6-14-22-2)16(21)20-11-5-10-19(12-13-20)15-7-3-4-8-17-15/h3-4,7-8H,5-6,9-14H2,1-2H3. The van der Waals surface area contributed by atoms with E-state index in [0.717, 1.165) is 51.4 Å². The minimum absolute atomic E-state index is 0.110. The SMILES string of the molecule is COCCCN(C)C(=O)N1CCCN(c2ccccn2)CC1. The summed E-state index contributed by atoms with van der Waals surface area (Å²) in [6.45, 7) is 4.72. The van der Waals surface area contributed by atoms with E-state index in [9.17, 15) is 4.79 Å². The summed E-state index contributed by atoms with van der Waals surface area (Å²) < 4.78 is 5.04. The Labute approximate surface area is 132 Å². The molecule has 122 valence electrons. The molecular formula is C16H26N4O2. The molecule has 2 rings (SSSR count). The average molecular weight is 306 g/mol. The molecule has 0 unspecified atom stereocenters. The Morgan fingerprint density at radius 1 is 1.32 bits per heavy atom. The summed E-state index contributed by atoms with van der Waals surface area (Å²) in [6, 6.07) is 6.05. The number of urea groups is 1. The molecule has 1 fully saturated rings. The summed E-state index contributed by atoms with van der Waals surface area (Å²) in [7, 11) is 3.54. The van der Waals surface area contributed by atoms with Crippen LogP contribution in [0.25, 0.3) is 0 Å². The molecule has 0 N–H and O–H groups in total. The molecule has 0 bridgehead atoms. The molecule has 0 radical (unpaired) electrons. The van der Waals surface area contributed by atoms with Crippen LogP contribution in [0.4, 0.5) is 10.6 Å². The predicted molar refractivity (Wildman–Crippen MR) is 87.2 cm³/mol. The first kappa shape index (κ1) is 16.5. The quantitative estimate of drug-likeness (QED) is 0.777. The molecule has 0 aliphatic carbocycles. The third-order valence-corrected chi connectivity index (χ3v) is 3.91. The first-order chi connectivity index (χ1) is 10.7. The maximum atomic E-state index is 12.5. The molecule has 6 heteroatoms. The third-order valence-electron chi connectivity index (χ3n) is 3.91. The van der Waals surface area contributed by atoms with Crippen molar-refractivity contribution < 1.29 is 9.53 Å². The maximum Gasteiger partial charge on any atom is 0.319 e. The number of nitrogens with zero attached hydrogens (tertiary/aromatic N) is 4. The van der Waals surface area contributed by atoms with Gasteiger partial charge < -0.3 is 19.4 Å². The summed E-state index contributed by atoms with van der Waals surface area (Å²) in [5.74, 6) is 0.991. The van der Waals surface area contributed by atoms with Crippen LogP contribution < -0.4 is 4.90 Å². The van der Waals surface area contributed by atoms with Crippen molar-refractivity contribution in [3.63, 3.8) is 0 Å². The van der Waals surface area contributed by atoms with Crippen LogP contribution in [-0.4, -0.2) is 74.3 Å². The van der Waals surface area contributed by atoms with E-state index >= 15 is 0 Å². The fourth-order valence-corrected chi connectivity index (χ4v) is 2.66. The van der Waals surface area contributed by atoms with Gasteiger partial charge in [-0.15, -0.1) is 0 Å². The van der Waals surface area contributed by atoms with E-state index in [0.29, 0.717) is 6.61 Å². The van der Waals surface area contributed by atoms with Crippen LogP contribution in [0.3, 0.4) is 0 Å². The van der Waals surface area contributed by atoms with Gasteiger partial charge in [0.1, 0.15) is 5.82 Å². The second-order valence-corrected chi connectivity index (χ2v) is 5.57. The van der Waals surface area contributed by atoms with Crippen molar-refractivity contribution in [2.45, 2.75) is 12.8 Å². The van der Waals surface area contributed by atoms with Crippen LogP contribution >= 0.6 is 0 Å². The smallest absolute Gasteiger partial charge is 0.319 e. The summed E-state index contributed by atoms with van der Waals surface area (Å²) in [6.07, 6.45) is 3.65. The Balaban J connectivity index is 1.85. The van der Waals surface area contributed by atoms with E-state index in [1.165, 1.54) is 0 Å². The van der Waals surface area contributed by atoms with E-state index in [1.807, 2.05) is 36.3 Å². The van der Waals surface area contributed by atoms with Crippen LogP contribution in [0.1, 0.15) is 12.8 Å². The lowest BCUT2D eigenvalue weighted by Gasteiger charge is -2.27. The topological polar surface area (TPSA) is 48.9 Å². The highest BCUT2D eigenvalue weighted by molar-refractivity contribution is 5.74. The minimum atomic E-state index is 0.110. The van der Waals surface area contributed by atoms with Gasteiger partial charge in [-0.25, -0.2) is 9.78 Å². The maximum absolute atomic E-state index is 12.5. The number of hydrogen-bond acceptors (Lipinski definition) is 4. The molecule has 0 spiro atoms. The summed E-state index contributed by atoms with van der Waals surface area (Å²) in [5.41, 5.74) is 0. The largest absolute Gasteiger partial charge is 0.385 e. The highest BCUT2D eigenvalue weighted by atomic mass is 16.5. The van der Waals surface area contributed by atoms with Gasteiger partial charge >= 0.3 is 6.03 Å². The molecule has 1 aromatic heterocycles. The Morgan fingerprint density at radius 2 is 2.18 bits per heavy atom. The normalized spacial score (nSPS) is 15.5. The Bertz CT molecular complexity index is 455. The number of rotatable bonds is 5. The van der Waals surface area contributed by atoms with Crippen LogP contribution in [0.15, 0.2) is 24.4 Å². The van der Waals surface area contributed by atoms with Gasteiger partial charge in [0.05, 0.1) is 0 Å². The number of aromatic nitrogens is 1. The van der Waals surface area contributed by atoms with E-state index in [4.69, 9.17) is 4.74 Å². The van der Waals surface area contributed by atoms with E-state index < -0.39 is 0 Å². The molecule has 1 saturated heterocycles. The molecule has 0 atom stereocenters. The zero-order valence-corrected chi connectivity index (χ0v) is 13.6. The minimum Gasteiger partial charge on any atom is -0.385 e. The van der Waals surface area contributed by atoms with Crippen LogP contribution in [0.5, 0.6) is 0 Å². The molecular weight excluding hydrogens is 280 g/mol. The Kier molecular flexibility index (Phi) is 6.45.